The third kappa shape index (κ3) is 3.20. The number of nitrogens with zero attached hydrogens (tertiary/aromatic N) is 5. The van der Waals surface area contributed by atoms with Crippen molar-refractivity contribution in [1.82, 2.24) is 24.8 Å². The summed E-state index contributed by atoms with van der Waals surface area (Å²) >= 11 is 1.71. The fraction of sp³-hybridized carbons (Fsp3) is 0.300. The zero-order chi connectivity index (χ0) is 20.0. The quantitative estimate of drug-likeness (QED) is 0.524. The number of thiophene rings is 1. The van der Waals surface area contributed by atoms with Gasteiger partial charge in [-0.25, -0.2) is 4.98 Å². The van der Waals surface area contributed by atoms with E-state index in [2.05, 4.69) is 35.2 Å². The maximum atomic E-state index is 13.3. The van der Waals surface area contributed by atoms with Crippen LogP contribution in [0.3, 0.4) is 0 Å². The zero-order valence-electron chi connectivity index (χ0n) is 16.5. The second-order valence-corrected chi connectivity index (χ2v) is 8.47. The van der Waals surface area contributed by atoms with E-state index in [0.717, 1.165) is 21.7 Å². The molecule has 144 valence electrons. The monoisotopic (exact) mass is 395 g/mol. The summed E-state index contributed by atoms with van der Waals surface area (Å²) in [5.41, 5.74) is 4.30. The summed E-state index contributed by atoms with van der Waals surface area (Å²) in [4.78, 5) is 21.9. The van der Waals surface area contributed by atoms with E-state index in [0.29, 0.717) is 28.9 Å². The highest BCUT2D eigenvalue weighted by molar-refractivity contribution is 7.12. The molecule has 0 unspecified atom stereocenters. The topological polar surface area (TPSA) is 77.0 Å². The van der Waals surface area contributed by atoms with Gasteiger partial charge in [0.05, 0.1) is 28.5 Å². The van der Waals surface area contributed by atoms with E-state index in [1.54, 1.807) is 34.2 Å². The van der Waals surface area contributed by atoms with Crippen LogP contribution in [0.4, 0.5) is 0 Å². The Bertz CT molecular complexity index is 1190. The Balaban J connectivity index is 1.79. The normalized spacial score (nSPS) is 11.3. The molecule has 0 N–H and O–H groups in total. The molecule has 1 amide bonds. The van der Waals surface area contributed by atoms with Gasteiger partial charge in [0.25, 0.3) is 11.6 Å². The number of aryl methyl sites for hydroxylation is 4. The molecule has 0 aliphatic heterocycles. The lowest BCUT2D eigenvalue weighted by atomic mass is 10.0. The average Bonchev–Trinajstić information content (AvgIpc) is 3.33. The molecule has 0 radical (unpaired) electrons. The molecule has 0 aliphatic carbocycles. The molecule has 0 spiro atoms. The Morgan fingerprint density at radius 1 is 1.29 bits per heavy atom. The van der Waals surface area contributed by atoms with Gasteiger partial charge in [0, 0.05) is 47.7 Å². The van der Waals surface area contributed by atoms with Crippen LogP contribution >= 0.6 is 11.3 Å². The second-order valence-electron chi connectivity index (χ2n) is 7.01. The molecule has 0 aliphatic rings. The minimum absolute atomic E-state index is 0.103. The van der Waals surface area contributed by atoms with Crippen molar-refractivity contribution in [2.24, 2.45) is 7.05 Å². The molecule has 0 atom stereocenters. The molecular weight excluding hydrogens is 374 g/mol. The number of carbonyl (C=O) groups excluding carboxylic acids is 1. The summed E-state index contributed by atoms with van der Waals surface area (Å²) in [6.45, 7) is 6.41. The Labute approximate surface area is 166 Å². The van der Waals surface area contributed by atoms with Gasteiger partial charge in [0.2, 0.25) is 0 Å². The minimum Gasteiger partial charge on any atom is -0.337 e. The summed E-state index contributed by atoms with van der Waals surface area (Å²) in [6, 6.07) is 3.94. The van der Waals surface area contributed by atoms with Crippen molar-refractivity contribution >= 4 is 28.3 Å². The van der Waals surface area contributed by atoms with Crippen molar-refractivity contribution in [1.29, 1.82) is 0 Å². The Morgan fingerprint density at radius 2 is 2.07 bits per heavy atom. The maximum absolute atomic E-state index is 13.3. The van der Waals surface area contributed by atoms with Crippen LogP contribution in [-0.2, 0) is 13.6 Å². The summed E-state index contributed by atoms with van der Waals surface area (Å²) in [7, 11) is 3.64. The van der Waals surface area contributed by atoms with E-state index in [4.69, 9.17) is 4.52 Å². The first kappa shape index (κ1) is 18.4. The molecule has 0 aromatic carbocycles. The average molecular weight is 395 g/mol. The second kappa shape index (κ2) is 6.87. The highest BCUT2D eigenvalue weighted by Crippen LogP contribution is 2.33. The minimum atomic E-state index is -0.103. The molecule has 4 aromatic rings. The van der Waals surface area contributed by atoms with Gasteiger partial charge in [0.1, 0.15) is 0 Å². The fourth-order valence-corrected chi connectivity index (χ4v) is 4.32. The standard InChI is InChI=1S/C20H21N5O2S/c1-11-6-15(13(3)28-11)17-7-16(18-12(2)23-27-19(18)22-17)20(26)24(4)9-14-8-21-25(5)10-14/h6-8,10H,9H2,1-5H3. The van der Waals surface area contributed by atoms with Crippen LogP contribution in [0, 0.1) is 20.8 Å². The molecular formula is C20H21N5O2S. The molecule has 28 heavy (non-hydrogen) atoms. The molecule has 4 aromatic heterocycles. The number of hydrogen-bond acceptors (Lipinski definition) is 6. The number of carbonyl (C=O) groups is 1. The SMILES string of the molecule is Cc1cc(-c2cc(C(=O)N(C)Cc3cnn(C)c3)c3c(C)noc3n2)c(C)s1. The fourth-order valence-electron chi connectivity index (χ4n) is 3.39. The third-order valence-electron chi connectivity index (χ3n) is 4.69. The first-order chi connectivity index (χ1) is 13.3. The van der Waals surface area contributed by atoms with Crippen molar-refractivity contribution in [2.45, 2.75) is 27.3 Å². The van der Waals surface area contributed by atoms with Gasteiger partial charge in [-0.05, 0) is 32.9 Å². The molecule has 4 heterocycles. The highest BCUT2D eigenvalue weighted by atomic mass is 32.1. The van der Waals surface area contributed by atoms with E-state index < -0.39 is 0 Å². The predicted octanol–water partition coefficient (Wildman–Crippen LogP) is 3.88. The molecule has 0 bridgehead atoms. The van der Waals surface area contributed by atoms with Crippen LogP contribution in [0.25, 0.3) is 22.4 Å². The molecule has 0 fully saturated rings. The number of pyridine rings is 1. The summed E-state index contributed by atoms with van der Waals surface area (Å²) in [6.07, 6.45) is 3.67. The molecule has 8 heteroatoms. The lowest BCUT2D eigenvalue weighted by Gasteiger charge is -2.17. The van der Waals surface area contributed by atoms with Crippen molar-refractivity contribution < 1.29 is 9.32 Å². The van der Waals surface area contributed by atoms with Crippen LogP contribution in [0.1, 0.15) is 31.4 Å². The summed E-state index contributed by atoms with van der Waals surface area (Å²) in [5.74, 6) is -0.103. The molecule has 0 saturated carbocycles. The van der Waals surface area contributed by atoms with Gasteiger partial charge in [0.15, 0.2) is 0 Å². The van der Waals surface area contributed by atoms with Crippen molar-refractivity contribution in [3.8, 4) is 11.3 Å². The lowest BCUT2D eigenvalue weighted by Crippen LogP contribution is -2.26. The van der Waals surface area contributed by atoms with E-state index in [1.165, 1.54) is 4.88 Å². The van der Waals surface area contributed by atoms with Crippen LogP contribution in [-0.4, -0.2) is 37.8 Å². The number of fused-ring (bicyclic) bond motifs is 1. The molecule has 0 saturated heterocycles. The van der Waals surface area contributed by atoms with E-state index in [1.807, 2.05) is 26.2 Å². The van der Waals surface area contributed by atoms with Crippen molar-refractivity contribution in [2.75, 3.05) is 7.05 Å². The first-order valence-electron chi connectivity index (χ1n) is 8.91. The van der Waals surface area contributed by atoms with Crippen LogP contribution < -0.4 is 0 Å². The van der Waals surface area contributed by atoms with Gasteiger partial charge in [-0.2, -0.15) is 5.10 Å². The maximum Gasteiger partial charge on any atom is 0.259 e. The number of rotatable bonds is 4. The number of hydrogen-bond donors (Lipinski definition) is 0. The van der Waals surface area contributed by atoms with Gasteiger partial charge in [-0.1, -0.05) is 5.16 Å². The van der Waals surface area contributed by atoms with Crippen LogP contribution in [0.15, 0.2) is 29.0 Å². The van der Waals surface area contributed by atoms with E-state index >= 15 is 0 Å². The summed E-state index contributed by atoms with van der Waals surface area (Å²) < 4.78 is 7.13. The highest BCUT2D eigenvalue weighted by Gasteiger charge is 2.23. The van der Waals surface area contributed by atoms with Crippen LogP contribution in [0.2, 0.25) is 0 Å². The molecule has 4 rings (SSSR count). The largest absolute Gasteiger partial charge is 0.337 e. The van der Waals surface area contributed by atoms with Gasteiger partial charge in [-0.15, -0.1) is 11.3 Å². The van der Waals surface area contributed by atoms with Crippen LogP contribution in [0.5, 0.6) is 0 Å². The predicted molar refractivity (Wildman–Crippen MR) is 108 cm³/mol. The Kier molecular flexibility index (Phi) is 4.50. The third-order valence-corrected chi connectivity index (χ3v) is 5.66. The van der Waals surface area contributed by atoms with E-state index in [-0.39, 0.29) is 5.91 Å². The number of aromatic nitrogens is 4. The molecule has 7 nitrogen and oxygen atoms in total. The summed E-state index contributed by atoms with van der Waals surface area (Å²) in [5, 5.41) is 8.86. The number of amides is 1. The lowest BCUT2D eigenvalue weighted by molar-refractivity contribution is 0.0787. The van der Waals surface area contributed by atoms with Gasteiger partial charge < -0.3 is 9.42 Å². The van der Waals surface area contributed by atoms with Crippen molar-refractivity contribution in [3.05, 3.63) is 51.1 Å². The smallest absolute Gasteiger partial charge is 0.259 e. The van der Waals surface area contributed by atoms with Gasteiger partial charge in [-0.3, -0.25) is 9.48 Å². The first-order valence-corrected chi connectivity index (χ1v) is 9.72. The van der Waals surface area contributed by atoms with Crippen molar-refractivity contribution in [3.63, 3.8) is 0 Å². The Hall–Kier alpha value is -3.00. The van der Waals surface area contributed by atoms with Gasteiger partial charge >= 0.3 is 0 Å². The Morgan fingerprint density at radius 3 is 2.71 bits per heavy atom. The zero-order valence-corrected chi connectivity index (χ0v) is 17.3. The van der Waals surface area contributed by atoms with E-state index in [9.17, 15) is 4.79 Å².